The van der Waals surface area contributed by atoms with Crippen molar-refractivity contribution in [1.29, 1.82) is 0 Å². The van der Waals surface area contributed by atoms with Gasteiger partial charge in [-0.2, -0.15) is 0 Å². The largest absolute Gasteiger partial charge is 0.370 e. The molecule has 21 heavy (non-hydrogen) atoms. The second-order valence-electron chi connectivity index (χ2n) is 5.36. The van der Waals surface area contributed by atoms with Crippen LogP contribution in [-0.2, 0) is 16.1 Å². The highest BCUT2D eigenvalue weighted by molar-refractivity contribution is 7.18. The van der Waals surface area contributed by atoms with Crippen molar-refractivity contribution in [1.82, 2.24) is 9.88 Å². The number of nitrogens with zero attached hydrogens (tertiary/aromatic N) is 2. The minimum atomic E-state index is 0.172. The van der Waals surface area contributed by atoms with E-state index in [0.717, 1.165) is 36.8 Å². The monoisotopic (exact) mass is 306 g/mol. The lowest BCUT2D eigenvalue weighted by molar-refractivity contribution is -0.900. The molecule has 0 unspecified atom stereocenters. The molecule has 1 aromatic heterocycles. The number of amides is 1. The molecule has 1 aliphatic rings. The summed E-state index contributed by atoms with van der Waals surface area (Å²) in [5.41, 5.74) is 1.01. The standard InChI is InChI=1S/C15H19N3O2S/c1-17(15(19)11-18-6-8-20-9-7-18)10-14-16-12-4-2-3-5-13(12)21-14/h2-5H,6-11H2,1H3/p+1. The van der Waals surface area contributed by atoms with Crippen molar-refractivity contribution in [2.45, 2.75) is 6.54 Å². The Morgan fingerprint density at radius 3 is 2.90 bits per heavy atom. The number of aromatic nitrogens is 1. The van der Waals surface area contributed by atoms with Gasteiger partial charge in [0, 0.05) is 7.05 Å². The van der Waals surface area contributed by atoms with Crippen LogP contribution in [0.3, 0.4) is 0 Å². The normalized spacial score (nSPS) is 16.2. The maximum atomic E-state index is 12.3. The number of nitrogens with one attached hydrogen (secondary N) is 1. The number of quaternary nitrogens is 1. The summed E-state index contributed by atoms with van der Waals surface area (Å²) in [4.78, 5) is 19.9. The number of carbonyl (C=O) groups is 1. The van der Waals surface area contributed by atoms with Crippen molar-refractivity contribution >= 4 is 27.5 Å². The summed E-state index contributed by atoms with van der Waals surface area (Å²) in [7, 11) is 1.86. The molecule has 1 amide bonds. The van der Waals surface area contributed by atoms with Crippen LogP contribution in [0.1, 0.15) is 5.01 Å². The smallest absolute Gasteiger partial charge is 0.277 e. The molecule has 0 spiro atoms. The fraction of sp³-hybridized carbons (Fsp3) is 0.467. The third-order valence-corrected chi connectivity index (χ3v) is 4.76. The number of rotatable bonds is 4. The van der Waals surface area contributed by atoms with Crippen molar-refractivity contribution in [2.75, 3.05) is 39.9 Å². The Kier molecular flexibility index (Phi) is 4.48. The number of thiazole rings is 1. The fourth-order valence-corrected chi connectivity index (χ4v) is 3.49. The van der Waals surface area contributed by atoms with Gasteiger partial charge in [-0.15, -0.1) is 11.3 Å². The van der Waals surface area contributed by atoms with Gasteiger partial charge in [0.15, 0.2) is 6.54 Å². The van der Waals surface area contributed by atoms with Crippen molar-refractivity contribution in [3.05, 3.63) is 29.3 Å². The van der Waals surface area contributed by atoms with E-state index >= 15 is 0 Å². The Balaban J connectivity index is 1.59. The number of hydrogen-bond donors (Lipinski definition) is 1. The lowest BCUT2D eigenvalue weighted by Crippen LogP contribution is -3.15. The van der Waals surface area contributed by atoms with Gasteiger partial charge in [-0.25, -0.2) is 4.98 Å². The van der Waals surface area contributed by atoms with Crippen LogP contribution >= 0.6 is 11.3 Å². The van der Waals surface area contributed by atoms with Crippen LogP contribution in [0.15, 0.2) is 24.3 Å². The Morgan fingerprint density at radius 1 is 1.38 bits per heavy atom. The topological polar surface area (TPSA) is 46.9 Å². The molecule has 1 saturated heterocycles. The molecule has 1 fully saturated rings. The third kappa shape index (κ3) is 3.58. The van der Waals surface area contributed by atoms with E-state index in [9.17, 15) is 4.79 Å². The molecule has 0 aliphatic carbocycles. The number of likely N-dealkylation sites (N-methyl/N-ethyl adjacent to an activating group) is 1. The zero-order valence-electron chi connectivity index (χ0n) is 12.2. The van der Waals surface area contributed by atoms with E-state index in [1.54, 1.807) is 16.2 Å². The summed E-state index contributed by atoms with van der Waals surface area (Å²) in [6.07, 6.45) is 0. The second kappa shape index (κ2) is 6.51. The highest BCUT2D eigenvalue weighted by Crippen LogP contribution is 2.22. The fourth-order valence-electron chi connectivity index (χ4n) is 2.46. The number of ether oxygens (including phenoxy) is 1. The molecule has 2 aromatic rings. The molecule has 1 N–H and O–H groups in total. The molecule has 6 heteroatoms. The molecule has 1 aromatic carbocycles. The molecular weight excluding hydrogens is 286 g/mol. The minimum Gasteiger partial charge on any atom is -0.370 e. The summed E-state index contributed by atoms with van der Waals surface area (Å²) in [5, 5.41) is 0.990. The molecule has 3 rings (SSSR count). The lowest BCUT2D eigenvalue weighted by atomic mass is 10.3. The van der Waals surface area contributed by atoms with Crippen molar-refractivity contribution in [3.8, 4) is 0 Å². The lowest BCUT2D eigenvalue weighted by Gasteiger charge is -2.25. The number of carbonyl (C=O) groups excluding carboxylic acids is 1. The van der Waals surface area contributed by atoms with Crippen LogP contribution < -0.4 is 4.90 Å². The number of para-hydroxylation sites is 1. The number of morpholine rings is 1. The van der Waals surface area contributed by atoms with Gasteiger partial charge in [0.2, 0.25) is 0 Å². The third-order valence-electron chi connectivity index (χ3n) is 3.74. The minimum absolute atomic E-state index is 0.172. The summed E-state index contributed by atoms with van der Waals surface area (Å²) in [5.74, 6) is 0.172. The average molecular weight is 306 g/mol. The van der Waals surface area contributed by atoms with Crippen LogP contribution in [0.4, 0.5) is 0 Å². The van der Waals surface area contributed by atoms with Crippen LogP contribution in [0.5, 0.6) is 0 Å². The summed E-state index contributed by atoms with van der Waals surface area (Å²) < 4.78 is 6.49. The Morgan fingerprint density at radius 2 is 2.14 bits per heavy atom. The van der Waals surface area contributed by atoms with E-state index in [0.29, 0.717) is 13.1 Å². The molecular formula is C15H20N3O2S+. The van der Waals surface area contributed by atoms with Gasteiger partial charge in [0.25, 0.3) is 5.91 Å². The first kappa shape index (κ1) is 14.4. The van der Waals surface area contributed by atoms with E-state index in [4.69, 9.17) is 4.74 Å². The molecule has 2 heterocycles. The first-order chi connectivity index (χ1) is 10.2. The van der Waals surface area contributed by atoms with Crippen LogP contribution in [0.25, 0.3) is 10.2 Å². The van der Waals surface area contributed by atoms with E-state index in [2.05, 4.69) is 11.1 Å². The number of fused-ring (bicyclic) bond motifs is 1. The molecule has 112 valence electrons. The van der Waals surface area contributed by atoms with Gasteiger partial charge in [-0.05, 0) is 12.1 Å². The number of hydrogen-bond acceptors (Lipinski definition) is 4. The van der Waals surface area contributed by atoms with Crippen LogP contribution in [-0.4, -0.2) is 55.7 Å². The van der Waals surface area contributed by atoms with E-state index in [1.165, 1.54) is 9.60 Å². The predicted molar refractivity (Wildman–Crippen MR) is 82.5 cm³/mol. The van der Waals surface area contributed by atoms with Gasteiger partial charge in [0.05, 0.1) is 30.0 Å². The first-order valence-corrected chi connectivity index (χ1v) is 8.04. The molecule has 0 bridgehead atoms. The Hall–Kier alpha value is -1.50. The quantitative estimate of drug-likeness (QED) is 0.876. The van der Waals surface area contributed by atoms with Gasteiger partial charge in [-0.1, -0.05) is 12.1 Å². The maximum absolute atomic E-state index is 12.3. The maximum Gasteiger partial charge on any atom is 0.277 e. The van der Waals surface area contributed by atoms with E-state index in [1.807, 2.05) is 25.2 Å². The number of benzene rings is 1. The van der Waals surface area contributed by atoms with Gasteiger partial charge in [0.1, 0.15) is 18.1 Å². The average Bonchev–Trinajstić information content (AvgIpc) is 2.90. The molecule has 5 nitrogen and oxygen atoms in total. The van der Waals surface area contributed by atoms with Gasteiger partial charge in [-0.3, -0.25) is 4.79 Å². The highest BCUT2D eigenvalue weighted by Gasteiger charge is 2.20. The van der Waals surface area contributed by atoms with Crippen LogP contribution in [0.2, 0.25) is 0 Å². The summed E-state index contributed by atoms with van der Waals surface area (Å²) in [6, 6.07) is 8.08. The Labute approximate surface area is 128 Å². The van der Waals surface area contributed by atoms with Crippen molar-refractivity contribution < 1.29 is 14.4 Å². The molecule has 1 aliphatic heterocycles. The summed E-state index contributed by atoms with van der Waals surface area (Å²) in [6.45, 7) is 4.47. The van der Waals surface area contributed by atoms with Crippen molar-refractivity contribution in [2.24, 2.45) is 0 Å². The molecule has 0 radical (unpaired) electrons. The first-order valence-electron chi connectivity index (χ1n) is 7.22. The van der Waals surface area contributed by atoms with Crippen molar-refractivity contribution in [3.63, 3.8) is 0 Å². The Bertz CT molecular complexity index is 589. The molecule has 0 saturated carbocycles. The van der Waals surface area contributed by atoms with E-state index < -0.39 is 0 Å². The van der Waals surface area contributed by atoms with Crippen LogP contribution in [0, 0.1) is 0 Å². The second-order valence-corrected chi connectivity index (χ2v) is 6.48. The SMILES string of the molecule is CN(Cc1nc2ccccc2s1)C(=O)C[NH+]1CCOCC1. The predicted octanol–water partition coefficient (Wildman–Crippen LogP) is 0.170. The van der Waals surface area contributed by atoms with Gasteiger partial charge < -0.3 is 14.5 Å². The zero-order valence-corrected chi connectivity index (χ0v) is 13.0. The highest BCUT2D eigenvalue weighted by atomic mass is 32.1. The van der Waals surface area contributed by atoms with E-state index in [-0.39, 0.29) is 5.91 Å². The summed E-state index contributed by atoms with van der Waals surface area (Å²) >= 11 is 1.66. The molecule has 0 atom stereocenters. The zero-order chi connectivity index (χ0) is 14.7. The van der Waals surface area contributed by atoms with Gasteiger partial charge >= 0.3 is 0 Å².